The van der Waals surface area contributed by atoms with Gasteiger partial charge in [0, 0.05) is 27.7 Å². The summed E-state index contributed by atoms with van der Waals surface area (Å²) in [5.41, 5.74) is 24.0. The van der Waals surface area contributed by atoms with Crippen molar-refractivity contribution in [2.24, 2.45) is 0 Å². The van der Waals surface area contributed by atoms with Crippen molar-refractivity contribution in [3.05, 3.63) is 289 Å². The molecule has 1 spiro atoms. The van der Waals surface area contributed by atoms with Crippen LogP contribution >= 0.6 is 0 Å². The van der Waals surface area contributed by atoms with Gasteiger partial charge in [0.1, 0.15) is 0 Å². The lowest BCUT2D eigenvalue weighted by Crippen LogP contribution is -2.33. The standard InChI is InChI=1S/C67H44N2/c1-3-16-45(17-4-1)47-30-32-49(33-31-47)50-38-40-52(41-39-50)68(63-28-13-9-20-54(63)51-36-34-48(35-37-51)46-18-5-2-6-19-46)53-42-43-64-58(44-53)57-23-15-27-62-66(57)69(64)65-29-14-12-26-61(65)67(62)59-24-10-7-21-55(59)56-22-8-11-25-60(56)67/h1-44H. The molecule has 2 nitrogen and oxygen atoms in total. The third-order valence-corrected chi connectivity index (χ3v) is 14.8. The first-order chi connectivity index (χ1) is 34.2. The topological polar surface area (TPSA) is 8.17 Å². The Labute approximate surface area is 402 Å². The van der Waals surface area contributed by atoms with E-state index < -0.39 is 5.41 Å². The van der Waals surface area contributed by atoms with Crippen LogP contribution in [0.15, 0.2) is 267 Å². The van der Waals surface area contributed by atoms with Crippen LogP contribution in [0.3, 0.4) is 0 Å². The number of para-hydroxylation sites is 3. The van der Waals surface area contributed by atoms with Crippen LogP contribution in [0, 0.1) is 0 Å². The average molecular weight is 877 g/mol. The first-order valence-corrected chi connectivity index (χ1v) is 23.9. The van der Waals surface area contributed by atoms with Crippen LogP contribution in [0.4, 0.5) is 17.1 Å². The Kier molecular flexibility index (Phi) is 8.84. The normalized spacial score (nSPS) is 12.8. The van der Waals surface area contributed by atoms with Gasteiger partial charge >= 0.3 is 0 Å². The summed E-state index contributed by atoms with van der Waals surface area (Å²) < 4.78 is 2.54. The summed E-state index contributed by atoms with van der Waals surface area (Å²) >= 11 is 0. The molecule has 69 heavy (non-hydrogen) atoms. The van der Waals surface area contributed by atoms with E-state index in [4.69, 9.17) is 0 Å². The second kappa shape index (κ2) is 15.6. The van der Waals surface area contributed by atoms with E-state index in [0.717, 1.165) is 28.2 Å². The number of rotatable bonds is 7. The summed E-state index contributed by atoms with van der Waals surface area (Å²) in [5, 5.41) is 2.47. The Morgan fingerprint density at radius 2 is 0.739 bits per heavy atom. The number of fused-ring (bicyclic) bond motifs is 12. The van der Waals surface area contributed by atoms with Crippen LogP contribution in [0.1, 0.15) is 22.3 Å². The number of nitrogens with zero attached hydrogens (tertiary/aromatic N) is 2. The highest BCUT2D eigenvalue weighted by atomic mass is 15.1. The first-order valence-electron chi connectivity index (χ1n) is 23.9. The predicted molar refractivity (Wildman–Crippen MR) is 288 cm³/mol. The quantitative estimate of drug-likeness (QED) is 0.155. The Morgan fingerprint density at radius 1 is 0.290 bits per heavy atom. The van der Waals surface area contributed by atoms with E-state index in [1.807, 2.05) is 0 Å². The lowest BCUT2D eigenvalue weighted by atomic mass is 9.65. The molecular formula is C67H44N2. The fourth-order valence-electron chi connectivity index (χ4n) is 11.8. The van der Waals surface area contributed by atoms with E-state index in [1.165, 1.54) is 94.3 Å². The molecule has 2 heterocycles. The largest absolute Gasteiger partial charge is 0.310 e. The molecule has 2 heteroatoms. The second-order valence-electron chi connectivity index (χ2n) is 18.4. The molecule has 0 N–H and O–H groups in total. The molecule has 0 bridgehead atoms. The molecule has 0 amide bonds. The molecule has 0 atom stereocenters. The van der Waals surface area contributed by atoms with Gasteiger partial charge in [0.2, 0.25) is 0 Å². The fraction of sp³-hybridized carbons (Fsp3) is 0.0149. The van der Waals surface area contributed by atoms with E-state index >= 15 is 0 Å². The maximum atomic E-state index is 2.54. The zero-order chi connectivity index (χ0) is 45.5. The van der Waals surface area contributed by atoms with E-state index in [-0.39, 0.29) is 0 Å². The molecule has 1 aromatic heterocycles. The van der Waals surface area contributed by atoms with E-state index in [2.05, 4.69) is 276 Å². The Balaban J connectivity index is 0.958. The monoisotopic (exact) mass is 876 g/mol. The molecule has 0 unspecified atom stereocenters. The number of benzene rings is 11. The summed E-state index contributed by atoms with van der Waals surface area (Å²) in [4.78, 5) is 2.45. The molecule has 322 valence electrons. The van der Waals surface area contributed by atoms with E-state index in [9.17, 15) is 0 Å². The molecule has 0 fully saturated rings. The molecule has 0 saturated carbocycles. The molecule has 1 aliphatic heterocycles. The molecule has 2 aliphatic rings. The maximum absolute atomic E-state index is 2.54. The van der Waals surface area contributed by atoms with E-state index in [1.54, 1.807) is 0 Å². The number of anilines is 3. The van der Waals surface area contributed by atoms with Crippen LogP contribution in [-0.4, -0.2) is 4.57 Å². The fourth-order valence-corrected chi connectivity index (χ4v) is 11.8. The Morgan fingerprint density at radius 3 is 1.35 bits per heavy atom. The van der Waals surface area contributed by atoms with Crippen LogP contribution in [0.5, 0.6) is 0 Å². The Bertz CT molecular complexity index is 3870. The van der Waals surface area contributed by atoms with Crippen molar-refractivity contribution in [2.45, 2.75) is 5.41 Å². The number of aromatic nitrogens is 1. The number of hydrogen-bond acceptors (Lipinski definition) is 1. The van der Waals surface area contributed by atoms with Gasteiger partial charge in [-0.15, -0.1) is 0 Å². The molecular weight excluding hydrogens is 833 g/mol. The van der Waals surface area contributed by atoms with Gasteiger partial charge in [-0.2, -0.15) is 0 Å². The van der Waals surface area contributed by atoms with Gasteiger partial charge in [-0.25, -0.2) is 0 Å². The zero-order valence-corrected chi connectivity index (χ0v) is 37.8. The minimum absolute atomic E-state index is 0.457. The van der Waals surface area contributed by atoms with Gasteiger partial charge < -0.3 is 9.47 Å². The summed E-state index contributed by atoms with van der Waals surface area (Å²) in [6.45, 7) is 0. The van der Waals surface area contributed by atoms with Crippen molar-refractivity contribution in [1.29, 1.82) is 0 Å². The average Bonchev–Trinajstić information content (AvgIpc) is 3.92. The smallest absolute Gasteiger partial charge is 0.0754 e. The summed E-state index contributed by atoms with van der Waals surface area (Å²) in [5.74, 6) is 0. The third-order valence-electron chi connectivity index (χ3n) is 14.8. The van der Waals surface area contributed by atoms with Crippen LogP contribution in [-0.2, 0) is 5.41 Å². The van der Waals surface area contributed by atoms with Crippen molar-refractivity contribution in [2.75, 3.05) is 4.90 Å². The van der Waals surface area contributed by atoms with Gasteiger partial charge in [0.15, 0.2) is 0 Å². The summed E-state index contributed by atoms with van der Waals surface area (Å²) in [6.07, 6.45) is 0. The van der Waals surface area contributed by atoms with Crippen molar-refractivity contribution >= 4 is 38.9 Å². The molecule has 12 aromatic rings. The van der Waals surface area contributed by atoms with Gasteiger partial charge in [-0.05, 0) is 115 Å². The highest BCUT2D eigenvalue weighted by Gasteiger charge is 2.50. The first kappa shape index (κ1) is 39.2. The van der Waals surface area contributed by atoms with Crippen LogP contribution < -0.4 is 4.90 Å². The summed E-state index contributed by atoms with van der Waals surface area (Å²) in [7, 11) is 0. The minimum atomic E-state index is -0.457. The number of hydrogen-bond donors (Lipinski definition) is 0. The molecule has 1 aliphatic carbocycles. The van der Waals surface area contributed by atoms with Crippen molar-refractivity contribution in [3.8, 4) is 61.3 Å². The van der Waals surface area contributed by atoms with Crippen molar-refractivity contribution in [3.63, 3.8) is 0 Å². The third kappa shape index (κ3) is 5.92. The predicted octanol–water partition coefficient (Wildman–Crippen LogP) is 17.6. The van der Waals surface area contributed by atoms with Gasteiger partial charge in [0.25, 0.3) is 0 Å². The Hall–Kier alpha value is -8.98. The SMILES string of the molecule is c1ccc(-c2ccc(-c3ccc(N(c4ccc5c(c4)c4cccc6c4n5-c4ccccc4C64c5ccccc5-c5ccccc54)c4ccccc4-c4ccc(-c5ccccc5)cc4)cc3)cc2)cc1. The molecule has 0 radical (unpaired) electrons. The van der Waals surface area contributed by atoms with E-state index in [0.29, 0.717) is 0 Å². The van der Waals surface area contributed by atoms with Gasteiger partial charge in [0.05, 0.1) is 27.8 Å². The molecule has 14 rings (SSSR count). The molecule has 0 saturated heterocycles. The van der Waals surface area contributed by atoms with Crippen molar-refractivity contribution in [1.82, 2.24) is 4.57 Å². The zero-order valence-electron chi connectivity index (χ0n) is 37.8. The van der Waals surface area contributed by atoms with Crippen LogP contribution in [0.2, 0.25) is 0 Å². The van der Waals surface area contributed by atoms with Gasteiger partial charge in [-0.3, -0.25) is 0 Å². The van der Waals surface area contributed by atoms with Crippen LogP contribution in [0.25, 0.3) is 83.1 Å². The lowest BCUT2D eigenvalue weighted by molar-refractivity contribution is 0.748. The van der Waals surface area contributed by atoms with Crippen molar-refractivity contribution < 1.29 is 0 Å². The lowest BCUT2D eigenvalue weighted by Gasteiger charge is -2.39. The highest BCUT2D eigenvalue weighted by molar-refractivity contribution is 6.14. The minimum Gasteiger partial charge on any atom is -0.310 e. The summed E-state index contributed by atoms with van der Waals surface area (Å²) in [6, 6.07) is 98.4. The highest BCUT2D eigenvalue weighted by Crippen LogP contribution is 2.61. The molecule has 11 aromatic carbocycles. The van der Waals surface area contributed by atoms with Gasteiger partial charge in [-0.1, -0.05) is 224 Å². The second-order valence-corrected chi connectivity index (χ2v) is 18.4. The maximum Gasteiger partial charge on any atom is 0.0754 e.